The van der Waals surface area contributed by atoms with Crippen LogP contribution in [0.2, 0.25) is 0 Å². The molecule has 0 unspecified atom stereocenters. The number of carbonyl (C=O) groups is 2. The van der Waals surface area contributed by atoms with Crippen LogP contribution in [-0.4, -0.2) is 46.4 Å². The quantitative estimate of drug-likeness (QED) is 0.856. The van der Waals surface area contributed by atoms with Crippen molar-refractivity contribution in [3.8, 4) is 0 Å². The molecule has 1 amide bonds. The highest BCUT2D eigenvalue weighted by Crippen LogP contribution is 2.34. The summed E-state index contributed by atoms with van der Waals surface area (Å²) in [6, 6.07) is 0. The number of aliphatic carboxylic acids is 1. The second-order valence-corrected chi connectivity index (χ2v) is 5.52. The maximum Gasteiger partial charge on any atom is 0.312 e. The Kier molecular flexibility index (Phi) is 3.02. The van der Waals surface area contributed by atoms with E-state index in [1.54, 1.807) is 25.8 Å². The van der Waals surface area contributed by atoms with Crippen LogP contribution in [0.4, 0.5) is 5.00 Å². The van der Waals surface area contributed by atoms with Crippen molar-refractivity contribution in [2.24, 2.45) is 5.41 Å². The zero-order valence-electron chi connectivity index (χ0n) is 10.5. The monoisotopic (exact) mass is 269 g/mol. The number of anilines is 1. The van der Waals surface area contributed by atoms with Crippen LogP contribution in [0.15, 0.2) is 0 Å². The first kappa shape index (κ1) is 12.8. The van der Waals surface area contributed by atoms with Crippen molar-refractivity contribution in [2.75, 3.05) is 25.5 Å². The molecular weight excluding hydrogens is 254 g/mol. The number of carbonyl (C=O) groups excluding carboxylic acids is 1. The van der Waals surface area contributed by atoms with Gasteiger partial charge in [0.15, 0.2) is 0 Å². The van der Waals surface area contributed by atoms with Gasteiger partial charge in [0.05, 0.1) is 11.3 Å². The lowest BCUT2D eigenvalue weighted by atomic mass is 9.81. The van der Waals surface area contributed by atoms with Gasteiger partial charge in [-0.1, -0.05) is 0 Å². The van der Waals surface area contributed by atoms with Crippen LogP contribution in [0.5, 0.6) is 0 Å². The summed E-state index contributed by atoms with van der Waals surface area (Å²) in [6.45, 7) is 3.93. The number of rotatable bonds is 3. The maximum atomic E-state index is 12.3. The first-order valence-corrected chi connectivity index (χ1v) is 6.33. The molecule has 1 fully saturated rings. The first-order valence-electron chi connectivity index (χ1n) is 5.56. The van der Waals surface area contributed by atoms with E-state index in [1.807, 2.05) is 0 Å². The molecule has 0 spiro atoms. The Morgan fingerprint density at radius 3 is 2.61 bits per heavy atom. The molecular formula is C11H15N3O3S. The Morgan fingerprint density at radius 2 is 2.11 bits per heavy atom. The number of hydrogen-bond donors (Lipinski definition) is 2. The van der Waals surface area contributed by atoms with Gasteiger partial charge in [-0.15, -0.1) is 0 Å². The second-order valence-electron chi connectivity index (χ2n) is 4.75. The largest absolute Gasteiger partial charge is 0.481 e. The van der Waals surface area contributed by atoms with Crippen molar-refractivity contribution >= 4 is 28.4 Å². The van der Waals surface area contributed by atoms with Crippen molar-refractivity contribution in [3.05, 3.63) is 11.3 Å². The highest BCUT2D eigenvalue weighted by Gasteiger charge is 2.48. The molecule has 0 atom stereocenters. The minimum Gasteiger partial charge on any atom is -0.481 e. The van der Waals surface area contributed by atoms with Crippen molar-refractivity contribution in [3.63, 3.8) is 0 Å². The van der Waals surface area contributed by atoms with Gasteiger partial charge < -0.3 is 15.3 Å². The maximum absolute atomic E-state index is 12.3. The molecule has 0 aromatic carbocycles. The molecule has 2 N–H and O–H groups in total. The minimum absolute atomic E-state index is 0.149. The zero-order chi connectivity index (χ0) is 13.5. The smallest absolute Gasteiger partial charge is 0.312 e. The lowest BCUT2D eigenvalue weighted by Crippen LogP contribution is -2.60. The Morgan fingerprint density at radius 1 is 1.50 bits per heavy atom. The second kappa shape index (κ2) is 4.24. The molecule has 98 valence electrons. The highest BCUT2D eigenvalue weighted by molar-refractivity contribution is 7.10. The van der Waals surface area contributed by atoms with E-state index in [-0.39, 0.29) is 19.0 Å². The first-order chi connectivity index (χ1) is 8.39. The predicted octanol–water partition coefficient (Wildman–Crippen LogP) is 1.04. The number of likely N-dealkylation sites (tertiary alicyclic amines) is 1. The normalized spacial score (nSPS) is 17.2. The SMILES string of the molecule is CNc1snc(C)c1C(=O)N1CC(C)(C(=O)O)C1. The van der Waals surface area contributed by atoms with Gasteiger partial charge >= 0.3 is 5.97 Å². The molecule has 1 aromatic rings. The molecule has 1 saturated heterocycles. The van der Waals surface area contributed by atoms with Gasteiger partial charge in [-0.3, -0.25) is 9.59 Å². The van der Waals surface area contributed by atoms with E-state index < -0.39 is 11.4 Å². The predicted molar refractivity (Wildman–Crippen MR) is 68.0 cm³/mol. The lowest BCUT2D eigenvalue weighted by molar-refractivity contribution is -0.155. The number of nitrogens with zero attached hydrogens (tertiary/aromatic N) is 2. The molecule has 18 heavy (non-hydrogen) atoms. The zero-order valence-corrected chi connectivity index (χ0v) is 11.3. The summed E-state index contributed by atoms with van der Waals surface area (Å²) in [7, 11) is 1.74. The van der Waals surface area contributed by atoms with Crippen LogP contribution in [0.3, 0.4) is 0 Å². The summed E-state index contributed by atoms with van der Waals surface area (Å²) in [5.41, 5.74) is 0.417. The Bertz CT molecular complexity index is 506. The third-order valence-electron chi connectivity index (χ3n) is 3.19. The summed E-state index contributed by atoms with van der Waals surface area (Å²) < 4.78 is 4.14. The Balaban J connectivity index is 2.15. The summed E-state index contributed by atoms with van der Waals surface area (Å²) in [5.74, 6) is -1.01. The number of carboxylic acids is 1. The number of nitrogens with one attached hydrogen (secondary N) is 1. The van der Waals surface area contributed by atoms with E-state index in [1.165, 1.54) is 11.5 Å². The molecule has 0 aliphatic carbocycles. The molecule has 1 aromatic heterocycles. The van der Waals surface area contributed by atoms with Crippen LogP contribution in [0.25, 0.3) is 0 Å². The number of aromatic nitrogens is 1. The summed E-state index contributed by atoms with van der Waals surface area (Å²) in [6.07, 6.45) is 0. The van der Waals surface area contributed by atoms with Crippen molar-refractivity contribution in [1.82, 2.24) is 9.27 Å². The van der Waals surface area contributed by atoms with Gasteiger partial charge in [0.2, 0.25) is 0 Å². The van der Waals surface area contributed by atoms with E-state index in [9.17, 15) is 9.59 Å². The Hall–Kier alpha value is -1.63. The molecule has 1 aliphatic heterocycles. The van der Waals surface area contributed by atoms with E-state index >= 15 is 0 Å². The molecule has 0 bridgehead atoms. The van der Waals surface area contributed by atoms with Crippen molar-refractivity contribution in [2.45, 2.75) is 13.8 Å². The molecule has 2 rings (SSSR count). The van der Waals surface area contributed by atoms with E-state index in [0.717, 1.165) is 5.00 Å². The van der Waals surface area contributed by atoms with E-state index in [4.69, 9.17) is 5.11 Å². The standard InChI is InChI=1S/C11H15N3O3S/c1-6-7(8(12-3)18-13-6)9(15)14-4-11(2,5-14)10(16)17/h12H,4-5H2,1-3H3,(H,16,17). The summed E-state index contributed by atoms with van der Waals surface area (Å²) >= 11 is 1.24. The topological polar surface area (TPSA) is 82.5 Å². The lowest BCUT2D eigenvalue weighted by Gasteiger charge is -2.44. The van der Waals surface area contributed by atoms with Crippen molar-refractivity contribution < 1.29 is 14.7 Å². The van der Waals surface area contributed by atoms with Gasteiger partial charge in [0.25, 0.3) is 5.91 Å². The van der Waals surface area contributed by atoms with Crippen LogP contribution in [-0.2, 0) is 4.79 Å². The third-order valence-corrected chi connectivity index (χ3v) is 4.14. The number of carboxylic acid groups (broad SMARTS) is 1. The molecule has 7 heteroatoms. The average molecular weight is 269 g/mol. The van der Waals surface area contributed by atoms with Crippen LogP contribution >= 0.6 is 11.5 Å². The fraction of sp³-hybridized carbons (Fsp3) is 0.545. The minimum atomic E-state index is -0.861. The highest BCUT2D eigenvalue weighted by atomic mass is 32.1. The third kappa shape index (κ3) is 1.84. The number of hydrogen-bond acceptors (Lipinski definition) is 5. The fourth-order valence-electron chi connectivity index (χ4n) is 2.03. The molecule has 2 heterocycles. The molecule has 0 radical (unpaired) electrons. The molecule has 0 saturated carbocycles. The van der Waals surface area contributed by atoms with E-state index in [2.05, 4.69) is 9.69 Å². The van der Waals surface area contributed by atoms with Gasteiger partial charge in [-0.2, -0.15) is 4.37 Å². The van der Waals surface area contributed by atoms with E-state index in [0.29, 0.717) is 11.3 Å². The number of amides is 1. The average Bonchev–Trinajstić information content (AvgIpc) is 2.65. The van der Waals surface area contributed by atoms with Gasteiger partial charge in [0.1, 0.15) is 10.4 Å². The number of aryl methyl sites for hydroxylation is 1. The molecule has 1 aliphatic rings. The van der Waals surface area contributed by atoms with Crippen LogP contribution < -0.4 is 5.32 Å². The fourth-order valence-corrected chi connectivity index (χ4v) is 2.76. The van der Waals surface area contributed by atoms with Gasteiger partial charge in [-0.05, 0) is 25.4 Å². The van der Waals surface area contributed by atoms with Gasteiger partial charge in [-0.25, -0.2) is 0 Å². The van der Waals surface area contributed by atoms with Crippen molar-refractivity contribution in [1.29, 1.82) is 0 Å². The summed E-state index contributed by atoms with van der Waals surface area (Å²) in [4.78, 5) is 24.8. The Labute approximate surface area is 109 Å². The van der Waals surface area contributed by atoms with Crippen LogP contribution in [0, 0.1) is 12.3 Å². The summed E-state index contributed by atoms with van der Waals surface area (Å²) in [5, 5.41) is 12.7. The van der Waals surface area contributed by atoms with Crippen LogP contribution in [0.1, 0.15) is 23.0 Å². The molecule has 6 nitrogen and oxygen atoms in total. The van der Waals surface area contributed by atoms with Gasteiger partial charge in [0, 0.05) is 20.1 Å².